The number of fused-ring (bicyclic) bond motifs is 1. The molecule has 106 heavy (non-hydrogen) atoms. The standard InChI is InChI=1S/C67H104N20O19/c1-35(2)23-45(80-55(94)31-74-56(95)37(5)77-53(92)29-75-57(96)43(19-12-13-21-68)79-52(91)27-69)60(99)85-50(33-89)64(103)82-46(24-36(3)4)61(100)86-49(32-88)63(102)81-44(20-14-22-72-67(70)71)59(98)83-47(25-39-15-8-7-9-16-39)62(101)87-51(34-90)65(104)84-48(26-40-28-73-42-18-11-10-17-41(40)42)58(97)76-30-54(93)78-38(6)66(105)106/h7-11,15-18,28,35-38,43-51,73,88-90H,12-14,19-27,29-34,68-69H2,1-6H3,(H,74,95)(H,75,96)(H,76,97)(H,77,92)(H,78,93)(H,79,91)(H,80,94)(H,81,102)(H,82,103)(H,83,98)(H,84,104)(H,85,99)(H,86,100)(H,87,101)(H,105,106)(H4,70,71,72)/t37-,38-,43-,44-,45-,46-,47-,48-,49-,50-,51-/m0/s1. The molecule has 0 spiro atoms. The second-order valence-electron chi connectivity index (χ2n) is 25.7. The van der Waals surface area contributed by atoms with Crippen molar-refractivity contribution in [3.05, 3.63) is 71.9 Å². The fraction of sp³-hybridized carbons (Fsp3) is 0.552. The predicted molar refractivity (Wildman–Crippen MR) is 383 cm³/mol. The van der Waals surface area contributed by atoms with E-state index in [4.69, 9.17) is 22.9 Å². The Morgan fingerprint density at radius 2 is 0.821 bits per heavy atom. The van der Waals surface area contributed by atoms with Crippen LogP contribution in [-0.4, -0.2) is 246 Å². The number of carbonyl (C=O) groups excluding carboxylic acids is 14. The minimum absolute atomic E-state index is 0.00461. The van der Waals surface area contributed by atoms with Gasteiger partial charge < -0.3 is 123 Å². The number of nitrogens with two attached hydrogens (primary N) is 4. The van der Waals surface area contributed by atoms with Gasteiger partial charge >= 0.3 is 5.97 Å². The van der Waals surface area contributed by atoms with Crippen molar-refractivity contribution in [2.24, 2.45) is 39.8 Å². The number of para-hydroxylation sites is 1. The number of nitrogens with one attached hydrogen (secondary N) is 15. The number of carboxylic acids is 1. The number of aliphatic hydroxyl groups is 3. The van der Waals surface area contributed by atoms with Gasteiger partial charge in [-0.1, -0.05) is 76.2 Å². The molecule has 0 fully saturated rings. The fourth-order valence-corrected chi connectivity index (χ4v) is 10.3. The Bertz CT molecular complexity index is 3500. The highest BCUT2D eigenvalue weighted by Crippen LogP contribution is 2.20. The van der Waals surface area contributed by atoms with E-state index in [2.05, 4.69) is 84.4 Å². The van der Waals surface area contributed by atoms with Crippen LogP contribution in [0.15, 0.2) is 65.8 Å². The monoisotopic (exact) mass is 1490 g/mol. The Hall–Kier alpha value is -10.9. The molecule has 39 nitrogen and oxygen atoms in total. The maximum Gasteiger partial charge on any atom is 0.325 e. The molecular formula is C67H104N20O19. The maximum absolute atomic E-state index is 14.5. The number of hydrogen-bond donors (Lipinski definition) is 23. The third kappa shape index (κ3) is 32.4. The average molecular weight is 1490 g/mol. The molecule has 0 aliphatic heterocycles. The fourth-order valence-electron chi connectivity index (χ4n) is 10.3. The Kier molecular flexibility index (Phi) is 39.4. The molecule has 27 N–H and O–H groups in total. The number of unbranched alkanes of at least 4 members (excludes halogenated alkanes) is 1. The summed E-state index contributed by atoms with van der Waals surface area (Å²) in [6.07, 6.45) is 1.96. The van der Waals surface area contributed by atoms with Crippen LogP contribution in [0.25, 0.3) is 10.9 Å². The number of aliphatic imine (C=N–C) groups is 1. The first-order chi connectivity index (χ1) is 50.2. The number of benzene rings is 2. The number of H-pyrrole nitrogens is 1. The zero-order chi connectivity index (χ0) is 79.2. The van der Waals surface area contributed by atoms with E-state index in [0.717, 1.165) is 0 Å². The second kappa shape index (κ2) is 46.7. The summed E-state index contributed by atoms with van der Waals surface area (Å²) in [7, 11) is 0. The average Bonchev–Trinajstić information content (AvgIpc) is 1.65. The molecule has 0 unspecified atom stereocenters. The van der Waals surface area contributed by atoms with E-state index < -0.39 is 195 Å². The number of aromatic amines is 1. The maximum atomic E-state index is 14.5. The SMILES string of the molecule is CC(C)C[C@H](NC(=O)CNC(=O)[C@H](C)NC(=O)CNC(=O)[C@H](CCCCN)NC(=O)CN)C(=O)N[C@@H](CO)C(=O)N[C@@H](CC(C)C)C(=O)N[C@@H](CO)C(=O)N[C@@H](CCCN=C(N)N)C(=O)N[C@@H](Cc1ccccc1)C(=O)N[C@@H](CO)C(=O)N[C@@H](Cc1c[nH]c2ccccc12)C(=O)NCC(=O)N[C@@H](C)C(=O)O. The molecule has 0 saturated heterocycles. The highest BCUT2D eigenvalue weighted by molar-refractivity contribution is 6.00. The normalized spacial score (nSPS) is 14.2. The Morgan fingerprint density at radius 3 is 1.32 bits per heavy atom. The number of carboxylic acid groups (broad SMARTS) is 1. The van der Waals surface area contributed by atoms with E-state index in [1.54, 1.807) is 88.5 Å². The Morgan fingerprint density at radius 1 is 0.425 bits per heavy atom. The molecule has 0 aliphatic rings. The molecule has 11 atom stereocenters. The number of carbonyl (C=O) groups is 15. The third-order valence-corrected chi connectivity index (χ3v) is 15.9. The van der Waals surface area contributed by atoms with Crippen LogP contribution in [0.4, 0.5) is 0 Å². The zero-order valence-electron chi connectivity index (χ0n) is 60.2. The number of amides is 14. The molecule has 0 bridgehead atoms. The van der Waals surface area contributed by atoms with E-state index in [1.165, 1.54) is 13.8 Å². The smallest absolute Gasteiger partial charge is 0.325 e. The first kappa shape index (κ1) is 89.3. The molecule has 0 radical (unpaired) electrons. The van der Waals surface area contributed by atoms with Gasteiger partial charge in [0.1, 0.15) is 66.5 Å². The van der Waals surface area contributed by atoms with E-state index in [0.29, 0.717) is 41.4 Å². The van der Waals surface area contributed by atoms with E-state index in [1.807, 2.05) is 0 Å². The zero-order valence-corrected chi connectivity index (χ0v) is 60.2. The van der Waals surface area contributed by atoms with Gasteiger partial charge in [-0.3, -0.25) is 76.9 Å². The van der Waals surface area contributed by atoms with Crippen LogP contribution in [0.1, 0.15) is 97.6 Å². The molecule has 39 heteroatoms. The summed E-state index contributed by atoms with van der Waals surface area (Å²) < 4.78 is 0. The molecule has 2 aromatic carbocycles. The van der Waals surface area contributed by atoms with Crippen LogP contribution < -0.4 is 97.4 Å². The number of aromatic nitrogens is 1. The van der Waals surface area contributed by atoms with Crippen molar-refractivity contribution in [3.63, 3.8) is 0 Å². The summed E-state index contributed by atoms with van der Waals surface area (Å²) in [4.78, 5) is 207. The molecule has 3 aromatic rings. The van der Waals surface area contributed by atoms with Gasteiger partial charge in [0, 0.05) is 36.5 Å². The molecular weight excluding hydrogens is 1390 g/mol. The predicted octanol–water partition coefficient (Wildman–Crippen LogP) is -8.03. The number of aliphatic carboxylic acids is 1. The first-order valence-electron chi connectivity index (χ1n) is 34.5. The van der Waals surface area contributed by atoms with Crippen LogP contribution in [0.5, 0.6) is 0 Å². The highest BCUT2D eigenvalue weighted by atomic mass is 16.4. The van der Waals surface area contributed by atoms with Crippen LogP contribution in [-0.2, 0) is 84.8 Å². The van der Waals surface area contributed by atoms with Crippen molar-refractivity contribution in [2.75, 3.05) is 59.1 Å². The van der Waals surface area contributed by atoms with Gasteiger partial charge in [-0.25, -0.2) is 0 Å². The van der Waals surface area contributed by atoms with Crippen molar-refractivity contribution < 1.29 is 92.3 Å². The van der Waals surface area contributed by atoms with E-state index in [-0.39, 0.29) is 75.8 Å². The van der Waals surface area contributed by atoms with Gasteiger partial charge in [-0.15, -0.1) is 0 Å². The van der Waals surface area contributed by atoms with Gasteiger partial charge in [-0.05, 0) is 94.4 Å². The van der Waals surface area contributed by atoms with Crippen molar-refractivity contribution in [2.45, 2.75) is 166 Å². The van der Waals surface area contributed by atoms with Gasteiger partial charge in [0.25, 0.3) is 0 Å². The van der Waals surface area contributed by atoms with Crippen molar-refractivity contribution in [3.8, 4) is 0 Å². The molecule has 14 amide bonds. The molecule has 0 saturated carbocycles. The van der Waals surface area contributed by atoms with Gasteiger partial charge in [-0.2, -0.15) is 0 Å². The number of guanidine groups is 1. The second-order valence-corrected chi connectivity index (χ2v) is 25.7. The molecule has 1 heterocycles. The third-order valence-electron chi connectivity index (χ3n) is 15.9. The quantitative estimate of drug-likeness (QED) is 0.0142. The van der Waals surface area contributed by atoms with Crippen LogP contribution in [0.3, 0.4) is 0 Å². The van der Waals surface area contributed by atoms with E-state index >= 15 is 0 Å². The summed E-state index contributed by atoms with van der Waals surface area (Å²) in [5.74, 6) is -15.4. The minimum atomic E-state index is -1.85. The summed E-state index contributed by atoms with van der Waals surface area (Å²) in [6, 6.07) is -1.41. The lowest BCUT2D eigenvalue weighted by atomic mass is 10.0. The van der Waals surface area contributed by atoms with Crippen molar-refractivity contribution in [1.82, 2.24) is 79.4 Å². The van der Waals surface area contributed by atoms with Crippen LogP contribution in [0.2, 0.25) is 0 Å². The minimum Gasteiger partial charge on any atom is -0.480 e. The van der Waals surface area contributed by atoms with Gasteiger partial charge in [0.05, 0.1) is 46.0 Å². The Balaban J connectivity index is 1.79. The summed E-state index contributed by atoms with van der Waals surface area (Å²) in [5, 5.41) is 75.2. The largest absolute Gasteiger partial charge is 0.480 e. The number of rotatable bonds is 48. The molecule has 1 aromatic heterocycles. The summed E-state index contributed by atoms with van der Waals surface area (Å²) >= 11 is 0. The lowest BCUT2D eigenvalue weighted by Gasteiger charge is -2.28. The van der Waals surface area contributed by atoms with Gasteiger partial charge in [0.2, 0.25) is 82.7 Å². The summed E-state index contributed by atoms with van der Waals surface area (Å²) in [5.41, 5.74) is 23.6. The Labute approximate surface area is 611 Å². The summed E-state index contributed by atoms with van der Waals surface area (Å²) in [6.45, 7) is 3.94. The molecule has 586 valence electrons. The van der Waals surface area contributed by atoms with Crippen molar-refractivity contribution in [1.29, 1.82) is 0 Å². The number of aliphatic hydroxyl groups excluding tert-OH is 3. The topological polar surface area (TPSA) is 638 Å². The van der Waals surface area contributed by atoms with Crippen LogP contribution >= 0.6 is 0 Å². The van der Waals surface area contributed by atoms with Crippen LogP contribution in [0, 0.1) is 11.8 Å². The molecule has 0 aliphatic carbocycles. The molecule has 3 rings (SSSR count). The van der Waals surface area contributed by atoms with E-state index in [9.17, 15) is 92.3 Å². The lowest BCUT2D eigenvalue weighted by Crippen LogP contribution is -2.61. The lowest BCUT2D eigenvalue weighted by molar-refractivity contribution is -0.141. The first-order valence-corrected chi connectivity index (χ1v) is 34.5. The van der Waals surface area contributed by atoms with Gasteiger partial charge in [0.15, 0.2) is 5.96 Å². The highest BCUT2D eigenvalue weighted by Gasteiger charge is 2.36. The van der Waals surface area contributed by atoms with Crippen molar-refractivity contribution >= 4 is 106 Å². The number of nitrogens with zero attached hydrogens (tertiary/aromatic N) is 1. The number of hydrogen-bond acceptors (Lipinski definition) is 21.